The van der Waals surface area contributed by atoms with Gasteiger partial charge in [0.1, 0.15) is 5.75 Å². The fourth-order valence-corrected chi connectivity index (χ4v) is 3.00. The highest BCUT2D eigenvalue weighted by molar-refractivity contribution is 5.94. The lowest BCUT2D eigenvalue weighted by Crippen LogP contribution is -2.20. The molecule has 0 fully saturated rings. The minimum atomic E-state index is -0.260. The quantitative estimate of drug-likeness (QED) is 0.538. The molecule has 0 bridgehead atoms. The van der Waals surface area contributed by atoms with Gasteiger partial charge in [-0.05, 0) is 54.3 Å². The van der Waals surface area contributed by atoms with Crippen molar-refractivity contribution >= 4 is 23.2 Å². The number of hydrogen-bond acceptors (Lipinski definition) is 3. The Hall–Kier alpha value is -3.60. The Morgan fingerprint density at radius 1 is 0.767 bits per heavy atom. The molecule has 0 aliphatic rings. The third-order valence-electron chi connectivity index (χ3n) is 4.59. The summed E-state index contributed by atoms with van der Waals surface area (Å²) >= 11 is 0. The molecule has 30 heavy (non-hydrogen) atoms. The highest BCUT2D eigenvalue weighted by Crippen LogP contribution is 2.17. The molecule has 0 spiro atoms. The number of carbonyl (C=O) groups is 2. The van der Waals surface area contributed by atoms with Crippen LogP contribution < -0.4 is 15.4 Å². The van der Waals surface area contributed by atoms with Gasteiger partial charge in [0.15, 0.2) is 6.61 Å². The van der Waals surface area contributed by atoms with E-state index in [4.69, 9.17) is 4.74 Å². The lowest BCUT2D eigenvalue weighted by molar-refractivity contribution is -0.118. The largest absolute Gasteiger partial charge is 0.484 e. The first kappa shape index (κ1) is 21.1. The molecule has 5 nitrogen and oxygen atoms in total. The van der Waals surface area contributed by atoms with Crippen LogP contribution in [0.4, 0.5) is 11.4 Å². The molecule has 3 aromatic carbocycles. The van der Waals surface area contributed by atoms with Crippen LogP contribution in [-0.2, 0) is 22.4 Å². The zero-order valence-electron chi connectivity index (χ0n) is 17.1. The van der Waals surface area contributed by atoms with Gasteiger partial charge in [-0.25, -0.2) is 0 Å². The summed E-state index contributed by atoms with van der Waals surface area (Å²) in [6.07, 6.45) is 1.98. The van der Waals surface area contributed by atoms with Crippen molar-refractivity contribution in [2.24, 2.45) is 0 Å². The summed E-state index contributed by atoms with van der Waals surface area (Å²) in [6.45, 7) is 1.99. The van der Waals surface area contributed by atoms with E-state index in [2.05, 4.69) is 17.6 Å². The van der Waals surface area contributed by atoms with Gasteiger partial charge >= 0.3 is 0 Å². The Kier molecular flexibility index (Phi) is 7.61. The molecule has 2 N–H and O–H groups in total. The third kappa shape index (κ3) is 6.78. The first-order valence-corrected chi connectivity index (χ1v) is 10.1. The van der Waals surface area contributed by atoms with Crippen molar-refractivity contribution in [2.75, 3.05) is 17.2 Å². The molecular weight excluding hydrogens is 376 g/mol. The maximum Gasteiger partial charge on any atom is 0.262 e. The number of carbonyl (C=O) groups excluding carboxylic acids is 2. The van der Waals surface area contributed by atoms with Gasteiger partial charge in [-0.15, -0.1) is 0 Å². The van der Waals surface area contributed by atoms with Crippen LogP contribution in [-0.4, -0.2) is 18.4 Å². The molecule has 0 aromatic heterocycles. The first-order chi connectivity index (χ1) is 14.6. The minimum Gasteiger partial charge on any atom is -0.484 e. The van der Waals surface area contributed by atoms with E-state index in [1.54, 1.807) is 24.3 Å². The summed E-state index contributed by atoms with van der Waals surface area (Å²) in [5.74, 6) is 0.342. The SMILES string of the molecule is CCc1cccc(OCC(=O)Nc2cccc(NC(=O)CCc3ccccc3)c2)c1. The molecule has 0 saturated carbocycles. The zero-order valence-corrected chi connectivity index (χ0v) is 17.1. The molecule has 154 valence electrons. The van der Waals surface area contributed by atoms with Crippen molar-refractivity contribution in [1.29, 1.82) is 0 Å². The summed E-state index contributed by atoms with van der Waals surface area (Å²) in [6, 6.07) is 24.7. The molecule has 0 saturated heterocycles. The van der Waals surface area contributed by atoms with E-state index < -0.39 is 0 Å². The van der Waals surface area contributed by atoms with Gasteiger partial charge in [0.2, 0.25) is 5.91 Å². The van der Waals surface area contributed by atoms with Gasteiger partial charge < -0.3 is 15.4 Å². The number of rotatable bonds is 9. The van der Waals surface area contributed by atoms with E-state index >= 15 is 0 Å². The smallest absolute Gasteiger partial charge is 0.262 e. The van der Waals surface area contributed by atoms with Crippen molar-refractivity contribution in [3.05, 3.63) is 90.0 Å². The number of amides is 2. The fourth-order valence-electron chi connectivity index (χ4n) is 3.00. The number of benzene rings is 3. The van der Waals surface area contributed by atoms with E-state index in [9.17, 15) is 9.59 Å². The maximum absolute atomic E-state index is 12.2. The van der Waals surface area contributed by atoms with E-state index in [1.165, 1.54) is 0 Å². The number of anilines is 2. The van der Waals surface area contributed by atoms with Crippen LogP contribution in [0.3, 0.4) is 0 Å². The molecule has 5 heteroatoms. The first-order valence-electron chi connectivity index (χ1n) is 10.1. The van der Waals surface area contributed by atoms with Crippen molar-refractivity contribution in [1.82, 2.24) is 0 Å². The average Bonchev–Trinajstić information content (AvgIpc) is 2.77. The van der Waals surface area contributed by atoms with Crippen LogP contribution in [0.25, 0.3) is 0 Å². The molecule has 0 aliphatic heterocycles. The fraction of sp³-hybridized carbons (Fsp3) is 0.200. The second-order valence-corrected chi connectivity index (χ2v) is 6.95. The number of aryl methyl sites for hydroxylation is 2. The Labute approximate surface area is 177 Å². The van der Waals surface area contributed by atoms with Gasteiger partial charge in [0.25, 0.3) is 5.91 Å². The zero-order chi connectivity index (χ0) is 21.2. The highest BCUT2D eigenvalue weighted by Gasteiger charge is 2.07. The van der Waals surface area contributed by atoms with Crippen molar-refractivity contribution in [2.45, 2.75) is 26.2 Å². The van der Waals surface area contributed by atoms with E-state index in [0.717, 1.165) is 17.5 Å². The van der Waals surface area contributed by atoms with Crippen LogP contribution in [0, 0.1) is 0 Å². The second kappa shape index (κ2) is 10.8. The molecule has 0 aliphatic carbocycles. The molecule has 0 atom stereocenters. The lowest BCUT2D eigenvalue weighted by atomic mass is 10.1. The van der Waals surface area contributed by atoms with Crippen LogP contribution in [0.1, 0.15) is 24.5 Å². The van der Waals surface area contributed by atoms with Crippen LogP contribution in [0.2, 0.25) is 0 Å². The second-order valence-electron chi connectivity index (χ2n) is 6.95. The highest BCUT2D eigenvalue weighted by atomic mass is 16.5. The van der Waals surface area contributed by atoms with E-state index in [0.29, 0.717) is 30.0 Å². The van der Waals surface area contributed by atoms with Crippen LogP contribution in [0.15, 0.2) is 78.9 Å². The monoisotopic (exact) mass is 402 g/mol. The Morgan fingerprint density at radius 2 is 1.43 bits per heavy atom. The predicted molar refractivity (Wildman–Crippen MR) is 120 cm³/mol. The summed E-state index contributed by atoms with van der Waals surface area (Å²) in [4.78, 5) is 24.4. The third-order valence-corrected chi connectivity index (χ3v) is 4.59. The Bertz CT molecular complexity index is 986. The summed E-state index contributed by atoms with van der Waals surface area (Å²) < 4.78 is 5.57. The van der Waals surface area contributed by atoms with Gasteiger partial charge in [0, 0.05) is 17.8 Å². The summed E-state index contributed by atoms with van der Waals surface area (Å²) in [5.41, 5.74) is 3.52. The predicted octanol–water partition coefficient (Wildman–Crippen LogP) is 4.84. The Morgan fingerprint density at radius 3 is 2.17 bits per heavy atom. The maximum atomic E-state index is 12.2. The normalized spacial score (nSPS) is 10.3. The minimum absolute atomic E-state index is 0.0681. The van der Waals surface area contributed by atoms with Gasteiger partial charge in [0.05, 0.1) is 0 Å². The van der Waals surface area contributed by atoms with Crippen LogP contribution in [0.5, 0.6) is 5.75 Å². The number of hydrogen-bond donors (Lipinski definition) is 2. The van der Waals surface area contributed by atoms with Gasteiger partial charge in [-0.1, -0.05) is 55.5 Å². The molecule has 0 radical (unpaired) electrons. The number of nitrogens with one attached hydrogen (secondary N) is 2. The van der Waals surface area contributed by atoms with Gasteiger partial charge in [-0.3, -0.25) is 9.59 Å². The summed E-state index contributed by atoms with van der Waals surface area (Å²) in [7, 11) is 0. The average molecular weight is 402 g/mol. The molecule has 0 unspecified atom stereocenters. The molecular formula is C25H26N2O3. The molecule has 3 aromatic rings. The van der Waals surface area contributed by atoms with E-state index in [1.807, 2.05) is 54.6 Å². The van der Waals surface area contributed by atoms with Crippen molar-refractivity contribution in [3.8, 4) is 5.75 Å². The topological polar surface area (TPSA) is 67.4 Å². The molecule has 2 amide bonds. The lowest BCUT2D eigenvalue weighted by Gasteiger charge is -2.10. The van der Waals surface area contributed by atoms with Crippen molar-refractivity contribution < 1.29 is 14.3 Å². The standard InChI is InChI=1S/C25H26N2O3/c1-2-19-10-6-13-23(16-19)30-18-25(29)27-22-12-7-11-21(17-22)26-24(28)15-14-20-8-4-3-5-9-20/h3-13,16-17H,2,14-15,18H2,1H3,(H,26,28)(H,27,29). The van der Waals surface area contributed by atoms with Gasteiger partial charge in [-0.2, -0.15) is 0 Å². The van der Waals surface area contributed by atoms with E-state index in [-0.39, 0.29) is 18.4 Å². The molecule has 3 rings (SSSR count). The number of ether oxygens (including phenoxy) is 1. The van der Waals surface area contributed by atoms with Crippen molar-refractivity contribution in [3.63, 3.8) is 0 Å². The summed E-state index contributed by atoms with van der Waals surface area (Å²) in [5, 5.41) is 5.67. The molecule has 0 heterocycles. The Balaban J connectivity index is 1.48. The van der Waals surface area contributed by atoms with Crippen LogP contribution >= 0.6 is 0 Å².